The molecule has 5 nitrogen and oxygen atoms in total. The molecule has 1 heterocycles. The van der Waals surface area contributed by atoms with Gasteiger partial charge in [0.15, 0.2) is 0 Å². The number of nitrogens with zero attached hydrogens (tertiary/aromatic N) is 2. The fraction of sp³-hybridized carbons (Fsp3) is 0.300. The summed E-state index contributed by atoms with van der Waals surface area (Å²) in [5.74, 6) is 0. The van der Waals surface area contributed by atoms with Crippen LogP contribution in [-0.4, -0.2) is 18.2 Å². The first-order valence-corrected chi connectivity index (χ1v) is 6.60. The van der Waals surface area contributed by atoms with Gasteiger partial charge in [-0.15, -0.1) is 0 Å². The minimum atomic E-state index is -3.63. The van der Waals surface area contributed by atoms with Crippen LogP contribution in [0.25, 0.3) is 10.9 Å². The fourth-order valence-electron chi connectivity index (χ4n) is 1.82. The van der Waals surface area contributed by atoms with Gasteiger partial charge in [-0.2, -0.15) is 5.10 Å². The summed E-state index contributed by atoms with van der Waals surface area (Å²) in [4.78, 5) is 0.135. The number of hydrogen-bond donors (Lipinski definition) is 1. The van der Waals surface area contributed by atoms with Crippen LogP contribution in [0.3, 0.4) is 0 Å². The van der Waals surface area contributed by atoms with Crippen molar-refractivity contribution in [3.8, 4) is 0 Å². The highest BCUT2D eigenvalue weighted by atomic mass is 32.2. The Hall–Kier alpha value is -1.40. The lowest BCUT2D eigenvalue weighted by Gasteiger charge is -2.01. The highest BCUT2D eigenvalue weighted by Gasteiger charge is 2.25. The van der Waals surface area contributed by atoms with E-state index in [0.717, 1.165) is 23.7 Å². The number of benzene rings is 1. The largest absolute Gasteiger partial charge is 0.262 e. The van der Waals surface area contributed by atoms with Crippen molar-refractivity contribution in [3.05, 3.63) is 24.4 Å². The van der Waals surface area contributed by atoms with E-state index in [4.69, 9.17) is 5.14 Å². The van der Waals surface area contributed by atoms with Crippen LogP contribution >= 0.6 is 0 Å². The van der Waals surface area contributed by atoms with Gasteiger partial charge in [0.05, 0.1) is 22.7 Å². The van der Waals surface area contributed by atoms with E-state index >= 15 is 0 Å². The molecule has 0 aliphatic heterocycles. The molecular formula is C10H11N3O2S. The van der Waals surface area contributed by atoms with Crippen molar-refractivity contribution in [3.63, 3.8) is 0 Å². The number of fused-ring (bicyclic) bond motifs is 1. The molecule has 1 saturated carbocycles. The molecule has 84 valence electrons. The predicted molar refractivity (Wildman–Crippen MR) is 59.4 cm³/mol. The Labute approximate surface area is 92.9 Å². The van der Waals surface area contributed by atoms with E-state index in [1.54, 1.807) is 18.3 Å². The second-order valence-electron chi connectivity index (χ2n) is 4.09. The minimum absolute atomic E-state index is 0.135. The third-order valence-corrected chi connectivity index (χ3v) is 3.70. The van der Waals surface area contributed by atoms with Gasteiger partial charge in [-0.05, 0) is 31.0 Å². The summed E-state index contributed by atoms with van der Waals surface area (Å²) in [7, 11) is -3.63. The SMILES string of the molecule is NS(=O)(=O)c1ccc2c(cnn2C2CC2)c1. The van der Waals surface area contributed by atoms with E-state index in [0.29, 0.717) is 6.04 Å². The first-order valence-electron chi connectivity index (χ1n) is 5.06. The first-order chi connectivity index (χ1) is 7.55. The summed E-state index contributed by atoms with van der Waals surface area (Å²) in [5.41, 5.74) is 0.968. The number of nitrogens with two attached hydrogens (primary N) is 1. The molecule has 1 aromatic carbocycles. The summed E-state index contributed by atoms with van der Waals surface area (Å²) in [6, 6.07) is 5.34. The molecule has 2 aromatic rings. The average molecular weight is 237 g/mol. The van der Waals surface area contributed by atoms with Gasteiger partial charge in [-0.3, -0.25) is 4.68 Å². The van der Waals surface area contributed by atoms with E-state index in [2.05, 4.69) is 5.10 Å². The topological polar surface area (TPSA) is 78.0 Å². The van der Waals surface area contributed by atoms with E-state index in [-0.39, 0.29) is 4.90 Å². The number of aromatic nitrogens is 2. The van der Waals surface area contributed by atoms with Crippen LogP contribution in [0.5, 0.6) is 0 Å². The van der Waals surface area contributed by atoms with Crippen LogP contribution < -0.4 is 5.14 Å². The molecule has 1 fully saturated rings. The lowest BCUT2D eigenvalue weighted by Crippen LogP contribution is -2.11. The molecule has 1 aliphatic carbocycles. The fourth-order valence-corrected chi connectivity index (χ4v) is 2.37. The zero-order chi connectivity index (χ0) is 11.3. The van der Waals surface area contributed by atoms with E-state index < -0.39 is 10.0 Å². The van der Waals surface area contributed by atoms with Gasteiger partial charge in [0, 0.05) is 5.39 Å². The maximum atomic E-state index is 11.2. The molecule has 0 amide bonds. The van der Waals surface area contributed by atoms with Gasteiger partial charge < -0.3 is 0 Å². The lowest BCUT2D eigenvalue weighted by molar-refractivity contribution is 0.598. The van der Waals surface area contributed by atoms with Gasteiger partial charge in [0.1, 0.15) is 0 Å². The molecule has 1 aliphatic rings. The number of hydrogen-bond acceptors (Lipinski definition) is 3. The highest BCUT2D eigenvalue weighted by Crippen LogP contribution is 2.36. The number of primary sulfonamides is 1. The standard InChI is InChI=1S/C10H11N3O2S/c11-16(14,15)9-3-4-10-7(5-9)6-12-13(10)8-1-2-8/h3-6,8H,1-2H2,(H2,11,14,15). The molecule has 16 heavy (non-hydrogen) atoms. The molecule has 0 atom stereocenters. The second kappa shape index (κ2) is 3.05. The van der Waals surface area contributed by atoms with E-state index in [1.165, 1.54) is 6.07 Å². The van der Waals surface area contributed by atoms with E-state index in [1.807, 2.05) is 4.68 Å². The number of rotatable bonds is 2. The molecule has 0 bridgehead atoms. The maximum Gasteiger partial charge on any atom is 0.238 e. The molecular weight excluding hydrogens is 226 g/mol. The second-order valence-corrected chi connectivity index (χ2v) is 5.65. The third kappa shape index (κ3) is 1.50. The van der Waals surface area contributed by atoms with Crippen molar-refractivity contribution < 1.29 is 8.42 Å². The van der Waals surface area contributed by atoms with Crippen molar-refractivity contribution in [2.24, 2.45) is 5.14 Å². The van der Waals surface area contributed by atoms with Crippen molar-refractivity contribution in [1.29, 1.82) is 0 Å². The molecule has 0 unspecified atom stereocenters. The van der Waals surface area contributed by atoms with Gasteiger partial charge >= 0.3 is 0 Å². The third-order valence-electron chi connectivity index (χ3n) is 2.79. The van der Waals surface area contributed by atoms with Gasteiger partial charge in [0.25, 0.3) is 0 Å². The molecule has 1 aromatic heterocycles. The lowest BCUT2D eigenvalue weighted by atomic mass is 10.2. The van der Waals surface area contributed by atoms with Crippen LogP contribution in [0, 0.1) is 0 Å². The molecule has 6 heteroatoms. The van der Waals surface area contributed by atoms with Crippen LogP contribution in [0.1, 0.15) is 18.9 Å². The Morgan fingerprint density at radius 2 is 2.12 bits per heavy atom. The van der Waals surface area contributed by atoms with Crippen molar-refractivity contribution in [2.75, 3.05) is 0 Å². The van der Waals surface area contributed by atoms with Gasteiger partial charge in [0.2, 0.25) is 10.0 Å². The Morgan fingerprint density at radius 3 is 2.75 bits per heavy atom. The minimum Gasteiger partial charge on any atom is -0.262 e. The average Bonchev–Trinajstić information content (AvgIpc) is 2.96. The summed E-state index contributed by atoms with van der Waals surface area (Å²) in [6.07, 6.45) is 3.98. The van der Waals surface area contributed by atoms with Crippen LogP contribution in [-0.2, 0) is 10.0 Å². The molecule has 2 N–H and O–H groups in total. The zero-order valence-corrected chi connectivity index (χ0v) is 9.31. The first kappa shape index (κ1) is 9.80. The molecule has 0 spiro atoms. The van der Waals surface area contributed by atoms with Gasteiger partial charge in [-0.1, -0.05) is 0 Å². The number of sulfonamides is 1. The smallest absolute Gasteiger partial charge is 0.238 e. The predicted octanol–water partition coefficient (Wildman–Crippen LogP) is 1.02. The van der Waals surface area contributed by atoms with Gasteiger partial charge in [-0.25, -0.2) is 13.6 Å². The quantitative estimate of drug-likeness (QED) is 0.847. The molecule has 3 rings (SSSR count). The Kier molecular flexibility index (Phi) is 1.87. The zero-order valence-electron chi connectivity index (χ0n) is 8.50. The summed E-state index contributed by atoms with van der Waals surface area (Å²) in [5, 5.41) is 10.2. The molecule has 0 radical (unpaired) electrons. The van der Waals surface area contributed by atoms with Crippen LogP contribution in [0.15, 0.2) is 29.3 Å². The monoisotopic (exact) mass is 237 g/mol. The Morgan fingerprint density at radius 1 is 1.38 bits per heavy atom. The Balaban J connectivity index is 2.20. The highest BCUT2D eigenvalue weighted by molar-refractivity contribution is 7.89. The van der Waals surface area contributed by atoms with Crippen molar-refractivity contribution >= 4 is 20.9 Å². The Bertz CT molecular complexity index is 656. The summed E-state index contributed by atoms with van der Waals surface area (Å²) < 4.78 is 24.3. The van der Waals surface area contributed by atoms with Crippen LogP contribution in [0.2, 0.25) is 0 Å². The summed E-state index contributed by atoms with van der Waals surface area (Å²) >= 11 is 0. The normalized spacial score (nSPS) is 16.8. The van der Waals surface area contributed by atoms with Crippen molar-refractivity contribution in [1.82, 2.24) is 9.78 Å². The maximum absolute atomic E-state index is 11.2. The van der Waals surface area contributed by atoms with Crippen LogP contribution in [0.4, 0.5) is 0 Å². The van der Waals surface area contributed by atoms with E-state index in [9.17, 15) is 8.42 Å². The van der Waals surface area contributed by atoms with Crippen molar-refractivity contribution in [2.45, 2.75) is 23.8 Å². The molecule has 0 saturated heterocycles. The summed E-state index contributed by atoms with van der Waals surface area (Å²) in [6.45, 7) is 0.